The van der Waals surface area contributed by atoms with E-state index in [2.05, 4.69) is 5.48 Å². The van der Waals surface area contributed by atoms with Gasteiger partial charge in [-0.05, 0) is 72.1 Å². The first kappa shape index (κ1) is 25.1. The van der Waals surface area contributed by atoms with Crippen molar-refractivity contribution in [1.82, 2.24) is 5.48 Å². The molecule has 0 spiro atoms. The largest absolute Gasteiger partial charge is 0.478 e. The minimum atomic E-state index is -1.06. The molecule has 0 bridgehead atoms. The molecule has 0 radical (unpaired) electrons. The van der Waals surface area contributed by atoms with Crippen LogP contribution in [0.15, 0.2) is 24.3 Å². The van der Waals surface area contributed by atoms with E-state index < -0.39 is 40.7 Å². The molecule has 1 rings (SSSR count). The third-order valence-electron chi connectivity index (χ3n) is 3.99. The molecule has 30 heavy (non-hydrogen) atoms. The molecule has 0 aliphatic carbocycles. The van der Waals surface area contributed by atoms with Gasteiger partial charge in [-0.2, -0.15) is 5.48 Å². The molecule has 1 atom stereocenters. The first-order valence-electron chi connectivity index (χ1n) is 9.74. The van der Waals surface area contributed by atoms with E-state index in [-0.39, 0.29) is 24.8 Å². The van der Waals surface area contributed by atoms with Gasteiger partial charge in [-0.3, -0.25) is 9.59 Å². The predicted molar refractivity (Wildman–Crippen MR) is 109 cm³/mol. The van der Waals surface area contributed by atoms with Gasteiger partial charge in [-0.15, -0.1) is 0 Å². The van der Waals surface area contributed by atoms with Gasteiger partial charge in [0.1, 0.15) is 5.60 Å². The number of amides is 1. The van der Waals surface area contributed by atoms with Crippen LogP contribution in [0.3, 0.4) is 0 Å². The molecule has 0 fully saturated rings. The molecule has 8 heteroatoms. The summed E-state index contributed by atoms with van der Waals surface area (Å²) in [4.78, 5) is 52.4. The Morgan fingerprint density at radius 3 is 2.23 bits per heavy atom. The molecule has 1 amide bonds. The lowest BCUT2D eigenvalue weighted by Gasteiger charge is -2.24. The zero-order valence-electron chi connectivity index (χ0n) is 18.4. The van der Waals surface area contributed by atoms with Crippen LogP contribution in [-0.4, -0.2) is 34.5 Å². The Morgan fingerprint density at radius 1 is 1.07 bits per heavy atom. The minimum absolute atomic E-state index is 0.0695. The van der Waals surface area contributed by atoms with Crippen LogP contribution >= 0.6 is 0 Å². The molecule has 1 aromatic carbocycles. The summed E-state index contributed by atoms with van der Waals surface area (Å²) in [5.74, 6) is -3.34. The number of carbonyl (C=O) groups excluding carboxylic acids is 3. The number of aromatic carboxylic acids is 1. The molecule has 0 aromatic heterocycles. The Labute approximate surface area is 176 Å². The zero-order chi connectivity index (χ0) is 23.1. The monoisotopic (exact) mass is 421 g/mol. The molecule has 0 aliphatic rings. The van der Waals surface area contributed by atoms with Gasteiger partial charge in [-0.1, -0.05) is 12.1 Å². The molecule has 1 unspecified atom stereocenters. The Bertz CT molecular complexity index is 787. The fourth-order valence-electron chi connectivity index (χ4n) is 2.42. The Balaban J connectivity index is 2.83. The number of carbonyl (C=O) groups is 4. The van der Waals surface area contributed by atoms with Gasteiger partial charge in [0.15, 0.2) is 0 Å². The summed E-state index contributed by atoms with van der Waals surface area (Å²) in [6, 6.07) is 6.27. The van der Waals surface area contributed by atoms with Crippen molar-refractivity contribution >= 4 is 23.8 Å². The van der Waals surface area contributed by atoms with Crippen molar-refractivity contribution in [1.29, 1.82) is 0 Å². The summed E-state index contributed by atoms with van der Waals surface area (Å²) in [6.07, 6.45) is 0.288. The van der Waals surface area contributed by atoms with Crippen LogP contribution in [0.1, 0.15) is 70.3 Å². The van der Waals surface area contributed by atoms with Crippen molar-refractivity contribution in [2.45, 2.75) is 66.4 Å². The number of ether oxygens (including phenoxy) is 1. The van der Waals surface area contributed by atoms with Gasteiger partial charge < -0.3 is 14.7 Å². The highest BCUT2D eigenvalue weighted by molar-refractivity contribution is 5.87. The average molecular weight is 421 g/mol. The molecule has 0 saturated heterocycles. The smallest absolute Gasteiger partial charge is 0.337 e. The number of carboxylic acids is 1. The normalized spacial score (nSPS) is 12.6. The number of hydrogen-bond donors (Lipinski definition) is 2. The molecule has 166 valence electrons. The van der Waals surface area contributed by atoms with E-state index in [0.717, 1.165) is 0 Å². The van der Waals surface area contributed by atoms with Crippen LogP contribution in [0, 0.1) is 11.3 Å². The van der Waals surface area contributed by atoms with Gasteiger partial charge >= 0.3 is 17.9 Å². The van der Waals surface area contributed by atoms with Crippen molar-refractivity contribution in [2.75, 3.05) is 0 Å². The van der Waals surface area contributed by atoms with Crippen LogP contribution in [0.25, 0.3) is 0 Å². The SMILES string of the molecule is CC(C)(C)OC(=O)C(CCC(=O)NOC(=O)C(C)(C)C)Cc1cccc(C(=O)O)c1. The quantitative estimate of drug-likeness (QED) is 0.512. The molecule has 0 saturated carbocycles. The second-order valence-electron chi connectivity index (χ2n) is 9.14. The van der Waals surface area contributed by atoms with Crippen LogP contribution in [0.4, 0.5) is 0 Å². The standard InChI is InChI=1S/C22H31NO7/c1-21(2,3)20(28)30-23-17(24)11-10-16(19(27)29-22(4,5)6)13-14-8-7-9-15(12-14)18(25)26/h7-9,12,16H,10-11,13H2,1-6H3,(H,23,24)(H,25,26). The van der Waals surface area contributed by atoms with E-state index >= 15 is 0 Å². The number of hydrogen-bond acceptors (Lipinski definition) is 6. The molecule has 0 heterocycles. The lowest BCUT2D eigenvalue weighted by molar-refractivity contribution is -0.166. The van der Waals surface area contributed by atoms with Crippen LogP contribution < -0.4 is 5.48 Å². The highest BCUT2D eigenvalue weighted by atomic mass is 16.7. The number of nitrogens with one attached hydrogen (secondary N) is 1. The average Bonchev–Trinajstić information content (AvgIpc) is 2.60. The maximum absolute atomic E-state index is 12.6. The Morgan fingerprint density at radius 2 is 1.70 bits per heavy atom. The van der Waals surface area contributed by atoms with Crippen LogP contribution in [0.2, 0.25) is 0 Å². The summed E-state index contributed by atoms with van der Waals surface area (Å²) < 4.78 is 5.45. The lowest BCUT2D eigenvalue weighted by Crippen LogP contribution is -2.34. The fourth-order valence-corrected chi connectivity index (χ4v) is 2.42. The van der Waals surface area contributed by atoms with Gasteiger partial charge in [0.05, 0.1) is 16.9 Å². The van der Waals surface area contributed by atoms with E-state index in [4.69, 9.17) is 14.7 Å². The van der Waals surface area contributed by atoms with E-state index in [1.54, 1.807) is 53.7 Å². The molecular weight excluding hydrogens is 390 g/mol. The third kappa shape index (κ3) is 9.07. The summed E-state index contributed by atoms with van der Waals surface area (Å²) in [7, 11) is 0. The van der Waals surface area contributed by atoms with E-state index in [9.17, 15) is 19.2 Å². The van der Waals surface area contributed by atoms with Gasteiger partial charge in [0, 0.05) is 6.42 Å². The van der Waals surface area contributed by atoms with Crippen molar-refractivity contribution in [3.63, 3.8) is 0 Å². The van der Waals surface area contributed by atoms with Crippen LogP contribution in [-0.2, 0) is 30.4 Å². The number of carboxylic acid groups (broad SMARTS) is 1. The van der Waals surface area contributed by atoms with Gasteiger partial charge in [0.2, 0.25) is 0 Å². The third-order valence-corrected chi connectivity index (χ3v) is 3.99. The second-order valence-corrected chi connectivity index (χ2v) is 9.14. The van der Waals surface area contributed by atoms with Gasteiger partial charge in [-0.25, -0.2) is 9.59 Å². The highest BCUT2D eigenvalue weighted by Crippen LogP contribution is 2.21. The van der Waals surface area contributed by atoms with Crippen molar-refractivity contribution < 1.29 is 33.9 Å². The van der Waals surface area contributed by atoms with E-state index in [1.165, 1.54) is 12.1 Å². The first-order chi connectivity index (χ1) is 13.7. The van der Waals surface area contributed by atoms with Crippen molar-refractivity contribution in [3.8, 4) is 0 Å². The molecule has 8 nitrogen and oxygen atoms in total. The molecular formula is C22H31NO7. The Hall–Kier alpha value is -2.90. The zero-order valence-corrected chi connectivity index (χ0v) is 18.4. The van der Waals surface area contributed by atoms with Crippen molar-refractivity contribution in [3.05, 3.63) is 35.4 Å². The number of esters is 1. The number of hydroxylamine groups is 1. The van der Waals surface area contributed by atoms with E-state index in [1.807, 2.05) is 0 Å². The second kappa shape index (κ2) is 10.2. The molecule has 1 aromatic rings. The summed E-state index contributed by atoms with van der Waals surface area (Å²) in [5, 5.41) is 9.16. The molecule has 2 N–H and O–H groups in total. The molecule has 0 aliphatic heterocycles. The maximum atomic E-state index is 12.6. The lowest BCUT2D eigenvalue weighted by atomic mass is 9.93. The highest BCUT2D eigenvalue weighted by Gasteiger charge is 2.27. The predicted octanol–water partition coefficient (Wildman–Crippen LogP) is 3.29. The summed E-state index contributed by atoms with van der Waals surface area (Å²) in [5.41, 5.74) is 1.39. The first-order valence-corrected chi connectivity index (χ1v) is 9.74. The summed E-state index contributed by atoms with van der Waals surface area (Å²) >= 11 is 0. The number of rotatable bonds is 7. The van der Waals surface area contributed by atoms with Gasteiger partial charge in [0.25, 0.3) is 5.91 Å². The number of benzene rings is 1. The minimum Gasteiger partial charge on any atom is -0.478 e. The van der Waals surface area contributed by atoms with Crippen molar-refractivity contribution in [2.24, 2.45) is 11.3 Å². The summed E-state index contributed by atoms with van der Waals surface area (Å²) in [6.45, 7) is 10.2. The topological polar surface area (TPSA) is 119 Å². The van der Waals surface area contributed by atoms with Crippen LogP contribution in [0.5, 0.6) is 0 Å². The maximum Gasteiger partial charge on any atom is 0.337 e. The Kier molecular flexibility index (Phi) is 8.57. The fraction of sp³-hybridized carbons (Fsp3) is 0.545. The van der Waals surface area contributed by atoms with E-state index in [0.29, 0.717) is 5.56 Å².